The van der Waals surface area contributed by atoms with Gasteiger partial charge in [-0.05, 0) is 52.7 Å². The van der Waals surface area contributed by atoms with Gasteiger partial charge in [0.25, 0.3) is 0 Å². The number of nitrogens with one attached hydrogen (secondary N) is 2. The SMILES string of the molecule is C#Cc1ccccc1C(C(=O)NC(C)C)N(CCCCCCC)C(=O)C(CO)NC(=O)OC(C)(C)C. The predicted molar refractivity (Wildman–Crippen MR) is 141 cm³/mol. The van der Waals surface area contributed by atoms with Crippen LogP contribution in [-0.4, -0.2) is 58.8 Å². The molecule has 0 aliphatic rings. The van der Waals surface area contributed by atoms with Gasteiger partial charge in [0, 0.05) is 18.2 Å². The molecule has 2 unspecified atom stereocenters. The molecule has 36 heavy (non-hydrogen) atoms. The molecule has 0 aliphatic carbocycles. The Labute approximate surface area is 216 Å². The highest BCUT2D eigenvalue weighted by molar-refractivity contribution is 5.92. The second-order valence-electron chi connectivity index (χ2n) is 10.1. The maximum absolute atomic E-state index is 13.8. The Hall–Kier alpha value is -3.05. The van der Waals surface area contributed by atoms with Crippen molar-refractivity contribution in [3.8, 4) is 12.3 Å². The topological polar surface area (TPSA) is 108 Å². The second kappa shape index (κ2) is 15.1. The van der Waals surface area contributed by atoms with Crippen LogP contribution >= 0.6 is 0 Å². The lowest BCUT2D eigenvalue weighted by molar-refractivity contribution is -0.143. The minimum atomic E-state index is -1.29. The van der Waals surface area contributed by atoms with Crippen LogP contribution in [0.15, 0.2) is 24.3 Å². The lowest BCUT2D eigenvalue weighted by Gasteiger charge is -2.35. The molecule has 200 valence electrons. The minimum absolute atomic E-state index is 0.173. The van der Waals surface area contributed by atoms with Crippen molar-refractivity contribution < 1.29 is 24.2 Å². The number of alkyl carbamates (subject to hydrolysis) is 1. The molecular formula is C28H43N3O5. The summed E-state index contributed by atoms with van der Waals surface area (Å²) in [7, 11) is 0. The van der Waals surface area contributed by atoms with Crippen LogP contribution in [0.1, 0.15) is 90.8 Å². The highest BCUT2D eigenvalue weighted by Gasteiger charge is 2.36. The van der Waals surface area contributed by atoms with Crippen LogP contribution in [0, 0.1) is 12.3 Å². The fraction of sp³-hybridized carbons (Fsp3) is 0.607. The van der Waals surface area contributed by atoms with Crippen LogP contribution in [-0.2, 0) is 14.3 Å². The number of amides is 3. The fourth-order valence-electron chi connectivity index (χ4n) is 3.77. The molecule has 0 fully saturated rings. The van der Waals surface area contributed by atoms with Crippen molar-refractivity contribution in [1.29, 1.82) is 0 Å². The fourth-order valence-corrected chi connectivity index (χ4v) is 3.77. The van der Waals surface area contributed by atoms with E-state index in [1.807, 2.05) is 13.8 Å². The van der Waals surface area contributed by atoms with Gasteiger partial charge in [0.2, 0.25) is 11.8 Å². The molecule has 0 saturated heterocycles. The van der Waals surface area contributed by atoms with E-state index in [1.165, 1.54) is 4.90 Å². The number of aliphatic hydroxyl groups excluding tert-OH is 1. The zero-order chi connectivity index (χ0) is 27.3. The number of hydrogen-bond acceptors (Lipinski definition) is 5. The Morgan fingerprint density at radius 3 is 2.28 bits per heavy atom. The van der Waals surface area contributed by atoms with Crippen molar-refractivity contribution >= 4 is 17.9 Å². The molecule has 1 aromatic carbocycles. The summed E-state index contributed by atoms with van der Waals surface area (Å²) >= 11 is 0. The molecule has 8 nitrogen and oxygen atoms in total. The number of unbranched alkanes of at least 4 members (excludes halogenated alkanes) is 4. The quantitative estimate of drug-likeness (QED) is 0.280. The summed E-state index contributed by atoms with van der Waals surface area (Å²) in [5.41, 5.74) is 0.220. The molecule has 1 aromatic rings. The highest BCUT2D eigenvalue weighted by atomic mass is 16.6. The highest BCUT2D eigenvalue weighted by Crippen LogP contribution is 2.26. The monoisotopic (exact) mass is 501 g/mol. The van der Waals surface area contributed by atoms with Crippen molar-refractivity contribution in [1.82, 2.24) is 15.5 Å². The van der Waals surface area contributed by atoms with Crippen LogP contribution in [0.5, 0.6) is 0 Å². The van der Waals surface area contributed by atoms with Gasteiger partial charge in [-0.2, -0.15) is 0 Å². The maximum atomic E-state index is 13.8. The summed E-state index contributed by atoms with van der Waals surface area (Å²) < 4.78 is 5.27. The van der Waals surface area contributed by atoms with Crippen molar-refractivity contribution in [3.05, 3.63) is 35.4 Å². The summed E-state index contributed by atoms with van der Waals surface area (Å²) in [5.74, 6) is 1.63. The third-order valence-corrected chi connectivity index (χ3v) is 5.36. The molecule has 0 aliphatic heterocycles. The van der Waals surface area contributed by atoms with E-state index in [9.17, 15) is 19.5 Å². The number of benzene rings is 1. The third-order valence-electron chi connectivity index (χ3n) is 5.36. The van der Waals surface area contributed by atoms with Gasteiger partial charge in [-0.1, -0.05) is 56.7 Å². The minimum Gasteiger partial charge on any atom is -0.444 e. The number of nitrogens with zero attached hydrogens (tertiary/aromatic N) is 1. The smallest absolute Gasteiger partial charge is 0.408 e. The first-order valence-electron chi connectivity index (χ1n) is 12.7. The van der Waals surface area contributed by atoms with Gasteiger partial charge in [0.1, 0.15) is 17.7 Å². The van der Waals surface area contributed by atoms with E-state index in [1.54, 1.807) is 45.0 Å². The van der Waals surface area contributed by atoms with E-state index in [0.29, 0.717) is 17.5 Å². The van der Waals surface area contributed by atoms with E-state index in [-0.39, 0.29) is 18.5 Å². The van der Waals surface area contributed by atoms with Crippen LogP contribution in [0.2, 0.25) is 0 Å². The average molecular weight is 502 g/mol. The molecule has 1 rings (SSSR count). The first-order chi connectivity index (χ1) is 16.9. The Bertz CT molecular complexity index is 901. The number of aliphatic hydroxyl groups is 1. The Kier molecular flexibility index (Phi) is 13.0. The zero-order valence-corrected chi connectivity index (χ0v) is 22.6. The molecule has 3 amide bonds. The first kappa shape index (κ1) is 31.0. The number of ether oxygens (including phenoxy) is 1. The Morgan fingerprint density at radius 2 is 1.72 bits per heavy atom. The largest absolute Gasteiger partial charge is 0.444 e. The molecule has 0 aromatic heterocycles. The Morgan fingerprint density at radius 1 is 1.08 bits per heavy atom. The summed E-state index contributed by atoms with van der Waals surface area (Å²) in [4.78, 5) is 41.0. The summed E-state index contributed by atoms with van der Waals surface area (Å²) in [6.07, 6.45) is 9.58. The number of hydrogen-bond donors (Lipinski definition) is 3. The van der Waals surface area contributed by atoms with Gasteiger partial charge < -0.3 is 25.4 Å². The number of terminal acetylenes is 1. The molecule has 0 spiro atoms. The number of rotatable bonds is 13. The molecule has 0 bridgehead atoms. The summed E-state index contributed by atoms with van der Waals surface area (Å²) in [6.45, 7) is 10.5. The van der Waals surface area contributed by atoms with Crippen molar-refractivity contribution in [2.24, 2.45) is 0 Å². The van der Waals surface area contributed by atoms with Gasteiger partial charge in [-0.3, -0.25) is 9.59 Å². The molecule has 0 heterocycles. The summed E-state index contributed by atoms with van der Waals surface area (Å²) in [5, 5.41) is 15.4. The van der Waals surface area contributed by atoms with Crippen LogP contribution in [0.3, 0.4) is 0 Å². The van der Waals surface area contributed by atoms with Crippen LogP contribution in [0.25, 0.3) is 0 Å². The van der Waals surface area contributed by atoms with Crippen molar-refractivity contribution in [3.63, 3.8) is 0 Å². The third kappa shape index (κ3) is 10.3. The van der Waals surface area contributed by atoms with Gasteiger partial charge in [0.05, 0.1) is 6.61 Å². The average Bonchev–Trinajstić information content (AvgIpc) is 2.79. The molecule has 3 N–H and O–H groups in total. The second-order valence-corrected chi connectivity index (χ2v) is 10.1. The zero-order valence-electron chi connectivity index (χ0n) is 22.6. The predicted octanol–water partition coefficient (Wildman–Crippen LogP) is 3.92. The normalized spacial score (nSPS) is 12.9. The van der Waals surface area contributed by atoms with Gasteiger partial charge in [0.15, 0.2) is 0 Å². The maximum Gasteiger partial charge on any atom is 0.408 e. The standard InChI is InChI=1S/C28H43N3O5/c1-8-10-11-12-15-18-31(26(34)23(19-32)30-27(35)36-28(5,6)7)24(25(33)29-20(3)4)22-17-14-13-16-21(22)9-2/h2,13-14,16-17,20,23-24,32H,8,10-12,15,18-19H2,1,3-7H3,(H,29,33)(H,30,35). The van der Waals surface area contributed by atoms with Crippen molar-refractivity contribution in [2.75, 3.05) is 13.2 Å². The van der Waals surface area contributed by atoms with Crippen LogP contribution in [0.4, 0.5) is 4.79 Å². The molecule has 2 atom stereocenters. The van der Waals surface area contributed by atoms with E-state index in [4.69, 9.17) is 11.2 Å². The Balaban J connectivity index is 3.43. The number of carbonyl (C=O) groups excluding carboxylic acids is 3. The van der Waals surface area contributed by atoms with Gasteiger partial charge in [-0.25, -0.2) is 4.79 Å². The van der Waals surface area contributed by atoms with Gasteiger partial charge >= 0.3 is 6.09 Å². The van der Waals surface area contributed by atoms with E-state index >= 15 is 0 Å². The van der Waals surface area contributed by atoms with Crippen molar-refractivity contribution in [2.45, 2.75) is 97.4 Å². The molecule has 8 heteroatoms. The first-order valence-corrected chi connectivity index (χ1v) is 12.7. The number of carbonyl (C=O) groups is 3. The van der Waals surface area contributed by atoms with E-state index < -0.39 is 36.3 Å². The van der Waals surface area contributed by atoms with E-state index in [2.05, 4.69) is 23.5 Å². The lowest BCUT2D eigenvalue weighted by Crippen LogP contribution is -2.55. The van der Waals surface area contributed by atoms with Crippen LogP contribution < -0.4 is 10.6 Å². The lowest BCUT2D eigenvalue weighted by atomic mass is 9.97. The molecule has 0 radical (unpaired) electrons. The molecule has 0 saturated carbocycles. The molecular weight excluding hydrogens is 458 g/mol. The summed E-state index contributed by atoms with van der Waals surface area (Å²) in [6, 6.07) is 4.49. The van der Waals surface area contributed by atoms with Gasteiger partial charge in [-0.15, -0.1) is 6.42 Å². The van der Waals surface area contributed by atoms with E-state index in [0.717, 1.165) is 25.7 Å².